The molecule has 0 aliphatic heterocycles. The number of unbranched alkanes of at least 4 members (excludes halogenated alkanes) is 1. The molecule has 0 spiro atoms. The zero-order chi connectivity index (χ0) is 12.0. The van der Waals surface area contributed by atoms with Gasteiger partial charge in [0.1, 0.15) is 0 Å². The van der Waals surface area contributed by atoms with Crippen molar-refractivity contribution in [3.05, 3.63) is 16.7 Å². The summed E-state index contributed by atoms with van der Waals surface area (Å²) in [7, 11) is 0. The van der Waals surface area contributed by atoms with Crippen LogP contribution in [0.3, 0.4) is 0 Å². The van der Waals surface area contributed by atoms with Crippen molar-refractivity contribution >= 4 is 12.2 Å². The first-order valence-electron chi connectivity index (χ1n) is 6.03. The third kappa shape index (κ3) is 4.10. The fourth-order valence-corrected chi connectivity index (χ4v) is 1.93. The molecular weight excluding hydrogens is 220 g/mol. The maximum Gasteiger partial charge on any atom is 0.177 e. The molecule has 16 heavy (non-hydrogen) atoms. The van der Waals surface area contributed by atoms with Crippen LogP contribution in [0.2, 0.25) is 0 Å². The number of hydrogen-bond donors (Lipinski definition) is 1. The minimum atomic E-state index is 0.334. The zero-order valence-electron chi connectivity index (χ0n) is 10.5. The third-order valence-electron chi connectivity index (χ3n) is 2.54. The molecule has 1 aromatic heterocycles. The molecular formula is C12H22N2OS. The van der Waals surface area contributed by atoms with E-state index in [-0.39, 0.29) is 0 Å². The summed E-state index contributed by atoms with van der Waals surface area (Å²) in [6.45, 7) is 8.12. The van der Waals surface area contributed by atoms with E-state index in [2.05, 4.69) is 30.3 Å². The average molecular weight is 242 g/mol. The first-order valence-corrected chi connectivity index (χ1v) is 6.44. The van der Waals surface area contributed by atoms with Gasteiger partial charge in [-0.2, -0.15) is 0 Å². The van der Waals surface area contributed by atoms with Crippen LogP contribution < -0.4 is 0 Å². The van der Waals surface area contributed by atoms with Crippen LogP contribution in [0.4, 0.5) is 0 Å². The fourth-order valence-electron chi connectivity index (χ4n) is 1.66. The Hall–Kier alpha value is -0.610. The smallest absolute Gasteiger partial charge is 0.177 e. The second kappa shape index (κ2) is 6.86. The molecule has 0 radical (unpaired) electrons. The predicted octanol–water partition coefficient (Wildman–Crippen LogP) is 3.31. The number of aromatic nitrogens is 2. The van der Waals surface area contributed by atoms with E-state index in [1.54, 1.807) is 0 Å². The highest BCUT2D eigenvalue weighted by Crippen LogP contribution is 2.05. The first-order chi connectivity index (χ1) is 7.65. The molecule has 0 aliphatic carbocycles. The van der Waals surface area contributed by atoms with Crippen molar-refractivity contribution in [3.8, 4) is 0 Å². The molecule has 0 saturated carbocycles. The minimum Gasteiger partial charge on any atom is -0.379 e. The lowest BCUT2D eigenvalue weighted by atomic mass is 10.3. The Balaban J connectivity index is 2.31. The van der Waals surface area contributed by atoms with E-state index in [1.165, 1.54) is 5.69 Å². The lowest BCUT2D eigenvalue weighted by molar-refractivity contribution is 0.0754. The first kappa shape index (κ1) is 13.5. The average Bonchev–Trinajstić information content (AvgIpc) is 2.59. The Bertz CT molecular complexity index is 354. The summed E-state index contributed by atoms with van der Waals surface area (Å²) in [6, 6.07) is 0. The molecule has 3 nitrogen and oxygen atoms in total. The van der Waals surface area contributed by atoms with E-state index in [4.69, 9.17) is 17.0 Å². The molecule has 0 atom stereocenters. The molecule has 1 rings (SSSR count). The van der Waals surface area contributed by atoms with Crippen molar-refractivity contribution in [2.75, 3.05) is 6.61 Å². The topological polar surface area (TPSA) is 29.9 Å². The summed E-state index contributed by atoms with van der Waals surface area (Å²) in [5, 5.41) is 0. The van der Waals surface area contributed by atoms with Gasteiger partial charge in [0.2, 0.25) is 0 Å². The molecule has 0 amide bonds. The van der Waals surface area contributed by atoms with Crippen LogP contribution in [0.1, 0.15) is 39.3 Å². The van der Waals surface area contributed by atoms with Crippen molar-refractivity contribution in [3.63, 3.8) is 0 Å². The summed E-state index contributed by atoms with van der Waals surface area (Å²) >= 11 is 5.23. The molecule has 0 fully saturated rings. The predicted molar refractivity (Wildman–Crippen MR) is 69.3 cm³/mol. The van der Waals surface area contributed by atoms with Crippen LogP contribution in [0.5, 0.6) is 0 Å². The monoisotopic (exact) mass is 242 g/mol. The highest BCUT2D eigenvalue weighted by Gasteiger charge is 2.01. The highest BCUT2D eigenvalue weighted by atomic mass is 32.1. The van der Waals surface area contributed by atoms with E-state index >= 15 is 0 Å². The summed E-state index contributed by atoms with van der Waals surface area (Å²) in [5.74, 6) is 0. The SMILES string of the molecule is CCc1c[nH]c(=S)n1CCCCOC(C)C. The van der Waals surface area contributed by atoms with Crippen molar-refractivity contribution in [2.45, 2.75) is 52.7 Å². The van der Waals surface area contributed by atoms with Gasteiger partial charge in [-0.3, -0.25) is 0 Å². The zero-order valence-corrected chi connectivity index (χ0v) is 11.3. The Morgan fingerprint density at radius 2 is 2.19 bits per heavy atom. The van der Waals surface area contributed by atoms with Gasteiger partial charge in [-0.05, 0) is 45.3 Å². The number of imidazole rings is 1. The van der Waals surface area contributed by atoms with Gasteiger partial charge in [0.05, 0.1) is 6.10 Å². The van der Waals surface area contributed by atoms with Gasteiger partial charge in [-0.1, -0.05) is 6.92 Å². The van der Waals surface area contributed by atoms with Gasteiger partial charge in [0, 0.05) is 25.0 Å². The van der Waals surface area contributed by atoms with Crippen molar-refractivity contribution < 1.29 is 4.74 Å². The molecule has 0 aliphatic rings. The maximum atomic E-state index is 5.50. The van der Waals surface area contributed by atoms with Crippen molar-refractivity contribution in [2.24, 2.45) is 0 Å². The largest absolute Gasteiger partial charge is 0.379 e. The van der Waals surface area contributed by atoms with E-state index in [0.29, 0.717) is 6.10 Å². The second-order valence-electron chi connectivity index (χ2n) is 4.22. The highest BCUT2D eigenvalue weighted by molar-refractivity contribution is 7.71. The van der Waals surface area contributed by atoms with Crippen LogP contribution in [-0.2, 0) is 17.7 Å². The van der Waals surface area contributed by atoms with E-state index in [1.807, 2.05) is 6.20 Å². The number of rotatable bonds is 7. The molecule has 0 bridgehead atoms. The van der Waals surface area contributed by atoms with Crippen molar-refractivity contribution in [1.82, 2.24) is 9.55 Å². The third-order valence-corrected chi connectivity index (χ3v) is 2.88. The summed E-state index contributed by atoms with van der Waals surface area (Å²) < 4.78 is 8.53. The lowest BCUT2D eigenvalue weighted by Crippen LogP contribution is -2.06. The van der Waals surface area contributed by atoms with Crippen LogP contribution in [0, 0.1) is 4.77 Å². The molecule has 1 heterocycles. The quantitative estimate of drug-likeness (QED) is 0.587. The Kier molecular flexibility index (Phi) is 5.77. The van der Waals surface area contributed by atoms with Gasteiger partial charge in [0.25, 0.3) is 0 Å². The summed E-state index contributed by atoms with van der Waals surface area (Å²) in [5.41, 5.74) is 1.29. The van der Waals surface area contributed by atoms with Gasteiger partial charge in [0.15, 0.2) is 4.77 Å². The van der Waals surface area contributed by atoms with Gasteiger partial charge in [-0.15, -0.1) is 0 Å². The normalized spacial score (nSPS) is 11.2. The number of nitrogens with zero attached hydrogens (tertiary/aromatic N) is 1. The van der Waals surface area contributed by atoms with Gasteiger partial charge >= 0.3 is 0 Å². The maximum absolute atomic E-state index is 5.50. The Morgan fingerprint density at radius 1 is 1.44 bits per heavy atom. The van der Waals surface area contributed by atoms with Crippen LogP contribution in [0.15, 0.2) is 6.20 Å². The number of aryl methyl sites for hydroxylation is 1. The molecule has 4 heteroatoms. The number of ether oxygens (including phenoxy) is 1. The second-order valence-corrected chi connectivity index (χ2v) is 4.60. The lowest BCUT2D eigenvalue weighted by Gasteiger charge is -2.09. The molecule has 0 saturated heterocycles. The summed E-state index contributed by atoms with van der Waals surface area (Å²) in [6.07, 6.45) is 5.57. The molecule has 1 N–H and O–H groups in total. The van der Waals surface area contributed by atoms with Crippen molar-refractivity contribution in [1.29, 1.82) is 0 Å². The number of nitrogens with one attached hydrogen (secondary N) is 1. The van der Waals surface area contributed by atoms with Crippen LogP contribution in [0.25, 0.3) is 0 Å². The van der Waals surface area contributed by atoms with Gasteiger partial charge in [-0.25, -0.2) is 0 Å². The molecule has 92 valence electrons. The Labute approximate surface area is 103 Å². The van der Waals surface area contributed by atoms with Crippen LogP contribution in [-0.4, -0.2) is 22.3 Å². The van der Waals surface area contributed by atoms with Gasteiger partial charge < -0.3 is 14.3 Å². The number of H-pyrrole nitrogens is 1. The fraction of sp³-hybridized carbons (Fsp3) is 0.750. The standard InChI is InChI=1S/C12H22N2OS/c1-4-11-9-13-12(16)14(11)7-5-6-8-15-10(2)3/h9-10H,4-8H2,1-3H3,(H,13,16). The van der Waals surface area contributed by atoms with E-state index in [0.717, 1.165) is 37.2 Å². The molecule has 0 unspecified atom stereocenters. The Morgan fingerprint density at radius 3 is 2.81 bits per heavy atom. The summed E-state index contributed by atoms with van der Waals surface area (Å²) in [4.78, 5) is 3.09. The molecule has 1 aromatic rings. The number of hydrogen-bond acceptors (Lipinski definition) is 2. The minimum absolute atomic E-state index is 0.334. The van der Waals surface area contributed by atoms with E-state index < -0.39 is 0 Å². The molecule has 0 aromatic carbocycles. The number of aromatic amines is 1. The van der Waals surface area contributed by atoms with E-state index in [9.17, 15) is 0 Å². The van der Waals surface area contributed by atoms with Crippen LogP contribution >= 0.6 is 12.2 Å².